The van der Waals surface area contributed by atoms with E-state index >= 15 is 0 Å². The summed E-state index contributed by atoms with van der Waals surface area (Å²) in [6.45, 7) is 1.29. The van der Waals surface area contributed by atoms with Gasteiger partial charge in [-0.1, -0.05) is 23.2 Å². The van der Waals surface area contributed by atoms with Gasteiger partial charge >= 0.3 is 0 Å². The van der Waals surface area contributed by atoms with Crippen molar-refractivity contribution in [1.82, 2.24) is 4.98 Å². The highest BCUT2D eigenvalue weighted by Gasteiger charge is 2.24. The van der Waals surface area contributed by atoms with Crippen molar-refractivity contribution in [1.29, 1.82) is 5.26 Å². The number of pyridine rings is 1. The molecule has 0 fully saturated rings. The molecule has 0 saturated heterocycles. The molecule has 6 heteroatoms. The largest absolute Gasteiger partial charge is 0.383 e. The maximum atomic E-state index is 9.19. The van der Waals surface area contributed by atoms with Gasteiger partial charge in [-0.25, -0.2) is 4.98 Å². The minimum atomic E-state index is 0.280. The Bertz CT molecular complexity index is 737. The van der Waals surface area contributed by atoms with Crippen LogP contribution in [-0.2, 0) is 13.1 Å². The van der Waals surface area contributed by atoms with E-state index in [9.17, 15) is 5.26 Å². The summed E-state index contributed by atoms with van der Waals surface area (Å²) < 4.78 is 0. The van der Waals surface area contributed by atoms with Crippen molar-refractivity contribution in [3.05, 3.63) is 51.1 Å². The molecule has 1 aliphatic heterocycles. The van der Waals surface area contributed by atoms with Crippen molar-refractivity contribution >= 4 is 34.7 Å². The molecule has 100 valence electrons. The van der Waals surface area contributed by atoms with E-state index in [1.807, 2.05) is 12.1 Å². The van der Waals surface area contributed by atoms with Gasteiger partial charge in [-0.15, -0.1) is 0 Å². The molecule has 4 nitrogen and oxygen atoms in total. The average molecular weight is 305 g/mol. The number of hydrogen-bond acceptors (Lipinski definition) is 4. The summed E-state index contributed by atoms with van der Waals surface area (Å²) in [6.07, 6.45) is 1.73. The van der Waals surface area contributed by atoms with Gasteiger partial charge in [0.1, 0.15) is 11.9 Å². The van der Waals surface area contributed by atoms with Crippen molar-refractivity contribution in [2.75, 3.05) is 10.6 Å². The standard InChI is InChI=1S/C14H10Cl2N4/c15-12-2-1-9(3-13(12)16)20-6-8-5-19-14(18)10(4-17)11(8)7-20/h1-3,5H,6-7H2,(H2,18,19). The molecule has 2 heterocycles. The van der Waals surface area contributed by atoms with Crippen molar-refractivity contribution < 1.29 is 0 Å². The molecule has 0 atom stereocenters. The van der Waals surface area contributed by atoms with E-state index < -0.39 is 0 Å². The van der Waals surface area contributed by atoms with E-state index in [2.05, 4.69) is 16.0 Å². The van der Waals surface area contributed by atoms with Crippen LogP contribution in [-0.4, -0.2) is 4.98 Å². The molecular formula is C14H10Cl2N4. The lowest BCUT2D eigenvalue weighted by Gasteiger charge is -2.18. The second kappa shape index (κ2) is 4.86. The Hall–Kier alpha value is -1.96. The summed E-state index contributed by atoms with van der Waals surface area (Å²) >= 11 is 12.0. The molecule has 20 heavy (non-hydrogen) atoms. The maximum absolute atomic E-state index is 9.19. The Balaban J connectivity index is 1.98. The highest BCUT2D eigenvalue weighted by molar-refractivity contribution is 6.42. The zero-order valence-corrected chi connectivity index (χ0v) is 11.9. The second-order valence-electron chi connectivity index (χ2n) is 4.59. The van der Waals surface area contributed by atoms with E-state index in [0.717, 1.165) is 16.8 Å². The van der Waals surface area contributed by atoms with Gasteiger partial charge in [0.15, 0.2) is 0 Å². The summed E-state index contributed by atoms with van der Waals surface area (Å²) in [6, 6.07) is 7.61. The third kappa shape index (κ3) is 2.05. The minimum absolute atomic E-state index is 0.280. The number of nitrogens with two attached hydrogens (primary N) is 1. The smallest absolute Gasteiger partial charge is 0.141 e. The number of rotatable bonds is 1. The number of fused-ring (bicyclic) bond motifs is 1. The normalized spacial score (nSPS) is 13.2. The van der Waals surface area contributed by atoms with Gasteiger partial charge in [0.25, 0.3) is 0 Å². The van der Waals surface area contributed by atoms with Crippen LogP contribution < -0.4 is 10.6 Å². The van der Waals surface area contributed by atoms with Crippen LogP contribution in [0.3, 0.4) is 0 Å². The summed E-state index contributed by atoms with van der Waals surface area (Å²) in [5.41, 5.74) is 9.11. The van der Waals surface area contributed by atoms with Crippen LogP contribution in [0.5, 0.6) is 0 Å². The number of halogens is 2. The van der Waals surface area contributed by atoms with Gasteiger partial charge in [0.05, 0.1) is 15.6 Å². The SMILES string of the molecule is N#Cc1c(N)ncc2c1CN(c1ccc(Cl)c(Cl)c1)C2. The molecule has 2 aromatic rings. The first-order valence-corrected chi connectivity index (χ1v) is 6.72. The predicted molar refractivity (Wildman–Crippen MR) is 79.7 cm³/mol. The zero-order chi connectivity index (χ0) is 14.3. The first-order chi connectivity index (χ1) is 9.60. The summed E-state index contributed by atoms with van der Waals surface area (Å²) in [5.74, 6) is 0.280. The van der Waals surface area contributed by atoms with Crippen LogP contribution in [0, 0.1) is 11.3 Å². The lowest BCUT2D eigenvalue weighted by Crippen LogP contribution is -2.14. The molecule has 1 aromatic heterocycles. The van der Waals surface area contributed by atoms with Gasteiger partial charge in [-0.3, -0.25) is 0 Å². The van der Waals surface area contributed by atoms with Gasteiger partial charge in [-0.05, 0) is 29.3 Å². The molecule has 0 spiro atoms. The van der Waals surface area contributed by atoms with Gasteiger partial charge in [0.2, 0.25) is 0 Å². The number of anilines is 2. The lowest BCUT2D eigenvalue weighted by molar-refractivity contribution is 0.879. The average Bonchev–Trinajstić information content (AvgIpc) is 2.86. The summed E-state index contributed by atoms with van der Waals surface area (Å²) in [4.78, 5) is 6.17. The van der Waals surface area contributed by atoms with Gasteiger partial charge in [0, 0.05) is 25.0 Å². The maximum Gasteiger partial charge on any atom is 0.141 e. The monoisotopic (exact) mass is 304 g/mol. The Kier molecular flexibility index (Phi) is 3.17. The Morgan fingerprint density at radius 1 is 1.25 bits per heavy atom. The van der Waals surface area contributed by atoms with E-state index in [1.54, 1.807) is 12.3 Å². The fraction of sp³-hybridized carbons (Fsp3) is 0.143. The van der Waals surface area contributed by atoms with Crippen molar-refractivity contribution in [3.8, 4) is 6.07 Å². The number of hydrogen-bond donors (Lipinski definition) is 1. The van der Waals surface area contributed by atoms with Crippen LogP contribution in [0.2, 0.25) is 10.0 Å². The van der Waals surface area contributed by atoms with Gasteiger partial charge in [-0.2, -0.15) is 5.26 Å². The Morgan fingerprint density at radius 2 is 2.05 bits per heavy atom. The van der Waals surface area contributed by atoms with Crippen LogP contribution in [0.25, 0.3) is 0 Å². The third-order valence-electron chi connectivity index (χ3n) is 3.40. The van der Waals surface area contributed by atoms with Crippen LogP contribution in [0.15, 0.2) is 24.4 Å². The highest BCUT2D eigenvalue weighted by Crippen LogP contribution is 2.34. The van der Waals surface area contributed by atoms with Crippen molar-refractivity contribution in [2.24, 2.45) is 0 Å². The molecule has 0 amide bonds. The first kappa shape index (κ1) is 13.0. The molecule has 0 saturated carbocycles. The zero-order valence-electron chi connectivity index (χ0n) is 10.4. The fourth-order valence-corrected chi connectivity index (χ4v) is 2.66. The topological polar surface area (TPSA) is 65.9 Å². The summed E-state index contributed by atoms with van der Waals surface area (Å²) in [7, 11) is 0. The second-order valence-corrected chi connectivity index (χ2v) is 5.40. The highest BCUT2D eigenvalue weighted by atomic mass is 35.5. The van der Waals surface area contributed by atoms with E-state index in [4.69, 9.17) is 28.9 Å². The minimum Gasteiger partial charge on any atom is -0.383 e. The van der Waals surface area contributed by atoms with E-state index in [1.165, 1.54) is 0 Å². The Morgan fingerprint density at radius 3 is 2.75 bits per heavy atom. The fourth-order valence-electron chi connectivity index (χ4n) is 2.36. The first-order valence-electron chi connectivity index (χ1n) is 5.96. The molecule has 0 bridgehead atoms. The third-order valence-corrected chi connectivity index (χ3v) is 4.13. The van der Waals surface area contributed by atoms with E-state index in [-0.39, 0.29) is 5.82 Å². The molecule has 0 radical (unpaired) electrons. The number of benzene rings is 1. The molecule has 1 aliphatic rings. The number of nitrogen functional groups attached to an aromatic ring is 1. The quantitative estimate of drug-likeness (QED) is 0.877. The number of nitriles is 1. The summed E-state index contributed by atoms with van der Waals surface area (Å²) in [5, 5.41) is 10.2. The van der Waals surface area contributed by atoms with Crippen molar-refractivity contribution in [2.45, 2.75) is 13.1 Å². The van der Waals surface area contributed by atoms with E-state index in [0.29, 0.717) is 28.7 Å². The number of nitrogens with zero attached hydrogens (tertiary/aromatic N) is 3. The molecule has 0 aliphatic carbocycles. The Labute approximate surface area is 126 Å². The molecule has 0 unspecified atom stereocenters. The molecule has 2 N–H and O–H groups in total. The van der Waals surface area contributed by atoms with Crippen LogP contribution >= 0.6 is 23.2 Å². The number of aromatic nitrogens is 1. The van der Waals surface area contributed by atoms with Crippen LogP contribution in [0.1, 0.15) is 16.7 Å². The van der Waals surface area contributed by atoms with Crippen molar-refractivity contribution in [3.63, 3.8) is 0 Å². The molecule has 1 aromatic carbocycles. The molecular weight excluding hydrogens is 295 g/mol. The van der Waals surface area contributed by atoms with Crippen LogP contribution in [0.4, 0.5) is 11.5 Å². The van der Waals surface area contributed by atoms with Gasteiger partial charge < -0.3 is 10.6 Å². The molecule has 3 rings (SSSR count). The lowest BCUT2D eigenvalue weighted by atomic mass is 10.1. The predicted octanol–water partition coefficient (Wildman–Crippen LogP) is 3.36.